The SMILES string of the molecule is COc1ccc(-c2cc(N)n(C)n2)cc1OC1CCCN(C)C1. The first kappa shape index (κ1) is 15.7. The van der Waals surface area contributed by atoms with E-state index in [1.165, 1.54) is 0 Å². The number of hydrogen-bond donors (Lipinski definition) is 1. The maximum absolute atomic E-state index is 6.21. The lowest BCUT2D eigenvalue weighted by Crippen LogP contribution is -2.38. The van der Waals surface area contributed by atoms with E-state index in [9.17, 15) is 0 Å². The standard InChI is InChI=1S/C17H24N4O2/c1-20-8-4-5-13(11-20)23-16-9-12(6-7-15(16)22-3)14-10-17(18)21(2)19-14/h6-7,9-10,13H,4-5,8,11,18H2,1-3H3. The van der Waals surface area contributed by atoms with E-state index in [1.54, 1.807) is 11.8 Å². The highest BCUT2D eigenvalue weighted by Gasteiger charge is 2.20. The highest BCUT2D eigenvalue weighted by atomic mass is 16.5. The number of aryl methyl sites for hydroxylation is 1. The van der Waals surface area contributed by atoms with Crippen molar-refractivity contribution >= 4 is 5.82 Å². The first-order chi connectivity index (χ1) is 11.1. The number of ether oxygens (including phenoxy) is 2. The van der Waals surface area contributed by atoms with Crippen LogP contribution in [0.3, 0.4) is 0 Å². The fourth-order valence-electron chi connectivity index (χ4n) is 2.95. The van der Waals surface area contributed by atoms with Gasteiger partial charge in [-0.25, -0.2) is 0 Å². The van der Waals surface area contributed by atoms with Gasteiger partial charge in [0, 0.05) is 25.2 Å². The molecule has 23 heavy (non-hydrogen) atoms. The van der Waals surface area contributed by atoms with Crippen molar-refractivity contribution in [1.82, 2.24) is 14.7 Å². The predicted molar refractivity (Wildman–Crippen MR) is 90.8 cm³/mol. The fraction of sp³-hybridized carbons (Fsp3) is 0.471. The molecule has 2 heterocycles. The molecule has 1 aliphatic heterocycles. The van der Waals surface area contributed by atoms with Crippen molar-refractivity contribution < 1.29 is 9.47 Å². The van der Waals surface area contributed by atoms with Crippen LogP contribution in [0.15, 0.2) is 24.3 Å². The summed E-state index contributed by atoms with van der Waals surface area (Å²) >= 11 is 0. The molecule has 1 fully saturated rings. The second-order valence-corrected chi connectivity index (χ2v) is 6.09. The smallest absolute Gasteiger partial charge is 0.162 e. The van der Waals surface area contributed by atoms with Crippen LogP contribution >= 0.6 is 0 Å². The van der Waals surface area contributed by atoms with Gasteiger partial charge in [-0.15, -0.1) is 0 Å². The van der Waals surface area contributed by atoms with Crippen LogP contribution in [0.25, 0.3) is 11.3 Å². The number of benzene rings is 1. The summed E-state index contributed by atoms with van der Waals surface area (Å²) < 4.78 is 13.3. The molecular formula is C17H24N4O2. The van der Waals surface area contributed by atoms with Crippen LogP contribution in [0.5, 0.6) is 11.5 Å². The van der Waals surface area contributed by atoms with Crippen molar-refractivity contribution in [3.8, 4) is 22.8 Å². The summed E-state index contributed by atoms with van der Waals surface area (Å²) in [6.45, 7) is 2.06. The van der Waals surface area contributed by atoms with Crippen LogP contribution in [0.4, 0.5) is 5.82 Å². The van der Waals surface area contributed by atoms with Gasteiger partial charge in [0.2, 0.25) is 0 Å². The number of likely N-dealkylation sites (N-methyl/N-ethyl adjacent to an activating group) is 1. The molecule has 0 amide bonds. The summed E-state index contributed by atoms with van der Waals surface area (Å²) in [5, 5.41) is 4.42. The quantitative estimate of drug-likeness (QED) is 0.936. The number of aromatic nitrogens is 2. The minimum Gasteiger partial charge on any atom is -0.493 e. The number of anilines is 1. The highest BCUT2D eigenvalue weighted by Crippen LogP contribution is 2.34. The average Bonchev–Trinajstić information content (AvgIpc) is 2.87. The predicted octanol–water partition coefficient (Wildman–Crippen LogP) is 2.15. The highest BCUT2D eigenvalue weighted by molar-refractivity contribution is 5.66. The van der Waals surface area contributed by atoms with Crippen LogP contribution in [0.2, 0.25) is 0 Å². The van der Waals surface area contributed by atoms with E-state index < -0.39 is 0 Å². The topological polar surface area (TPSA) is 65.5 Å². The Kier molecular flexibility index (Phi) is 4.43. The Balaban J connectivity index is 1.87. The Labute approximate surface area is 136 Å². The molecule has 2 aromatic rings. The fourth-order valence-corrected chi connectivity index (χ4v) is 2.95. The van der Waals surface area contributed by atoms with E-state index in [-0.39, 0.29) is 6.10 Å². The Morgan fingerprint density at radius 2 is 2.04 bits per heavy atom. The van der Waals surface area contributed by atoms with Gasteiger partial charge in [-0.2, -0.15) is 5.10 Å². The molecule has 2 N–H and O–H groups in total. The molecule has 1 unspecified atom stereocenters. The molecule has 3 rings (SSSR count). The van der Waals surface area contributed by atoms with Crippen molar-refractivity contribution in [2.75, 3.05) is 33.0 Å². The Morgan fingerprint density at radius 1 is 1.22 bits per heavy atom. The minimum absolute atomic E-state index is 0.187. The molecule has 0 spiro atoms. The first-order valence-corrected chi connectivity index (χ1v) is 7.90. The van der Waals surface area contributed by atoms with Gasteiger partial charge in [-0.1, -0.05) is 0 Å². The molecule has 1 atom stereocenters. The normalized spacial score (nSPS) is 18.8. The van der Waals surface area contributed by atoms with Crippen LogP contribution in [-0.2, 0) is 7.05 Å². The van der Waals surface area contributed by atoms with Crippen molar-refractivity contribution in [2.45, 2.75) is 18.9 Å². The number of nitrogens with two attached hydrogens (primary N) is 1. The zero-order valence-electron chi connectivity index (χ0n) is 14.0. The molecular weight excluding hydrogens is 292 g/mol. The molecule has 0 saturated carbocycles. The Hall–Kier alpha value is -2.21. The van der Waals surface area contributed by atoms with Crippen molar-refractivity contribution in [2.24, 2.45) is 7.05 Å². The monoisotopic (exact) mass is 316 g/mol. The van der Waals surface area contributed by atoms with Gasteiger partial charge < -0.3 is 20.1 Å². The number of piperidine rings is 1. The van der Waals surface area contributed by atoms with Gasteiger partial charge in [-0.05, 0) is 44.6 Å². The van der Waals surface area contributed by atoms with E-state index in [1.807, 2.05) is 31.3 Å². The molecule has 1 aromatic carbocycles. The second kappa shape index (κ2) is 6.50. The van der Waals surface area contributed by atoms with E-state index in [4.69, 9.17) is 15.2 Å². The number of methoxy groups -OCH3 is 1. The summed E-state index contributed by atoms with van der Waals surface area (Å²) in [5.74, 6) is 2.13. The van der Waals surface area contributed by atoms with E-state index in [0.717, 1.165) is 48.7 Å². The van der Waals surface area contributed by atoms with Gasteiger partial charge in [0.05, 0.1) is 12.8 Å². The largest absolute Gasteiger partial charge is 0.493 e. The molecule has 6 heteroatoms. The number of nitrogen functional groups attached to an aromatic ring is 1. The zero-order valence-corrected chi connectivity index (χ0v) is 14.0. The summed E-state index contributed by atoms with van der Waals surface area (Å²) in [6.07, 6.45) is 2.40. The number of nitrogens with zero attached hydrogens (tertiary/aromatic N) is 3. The molecule has 124 valence electrons. The maximum Gasteiger partial charge on any atom is 0.162 e. The maximum atomic E-state index is 6.21. The van der Waals surface area contributed by atoms with Crippen molar-refractivity contribution in [1.29, 1.82) is 0 Å². The molecule has 0 aliphatic carbocycles. The van der Waals surface area contributed by atoms with Gasteiger partial charge >= 0.3 is 0 Å². The van der Waals surface area contributed by atoms with Crippen LogP contribution < -0.4 is 15.2 Å². The second-order valence-electron chi connectivity index (χ2n) is 6.09. The molecule has 1 aromatic heterocycles. The lowest BCUT2D eigenvalue weighted by molar-refractivity contribution is 0.101. The third-order valence-electron chi connectivity index (χ3n) is 4.25. The van der Waals surface area contributed by atoms with E-state index >= 15 is 0 Å². The van der Waals surface area contributed by atoms with Gasteiger partial charge in [0.25, 0.3) is 0 Å². The van der Waals surface area contributed by atoms with Crippen LogP contribution in [-0.4, -0.2) is 48.0 Å². The lowest BCUT2D eigenvalue weighted by atomic mass is 10.1. The van der Waals surface area contributed by atoms with Gasteiger partial charge in [-0.3, -0.25) is 4.68 Å². The summed E-state index contributed by atoms with van der Waals surface area (Å²) in [6, 6.07) is 7.73. The van der Waals surface area contributed by atoms with Crippen LogP contribution in [0, 0.1) is 0 Å². The third kappa shape index (κ3) is 3.42. The van der Waals surface area contributed by atoms with E-state index in [0.29, 0.717) is 5.82 Å². The lowest BCUT2D eigenvalue weighted by Gasteiger charge is -2.30. The number of likely N-dealkylation sites (tertiary alicyclic amines) is 1. The average molecular weight is 316 g/mol. The minimum atomic E-state index is 0.187. The van der Waals surface area contributed by atoms with E-state index in [2.05, 4.69) is 17.0 Å². The molecule has 1 saturated heterocycles. The zero-order chi connectivity index (χ0) is 16.4. The third-order valence-corrected chi connectivity index (χ3v) is 4.25. The van der Waals surface area contributed by atoms with Crippen molar-refractivity contribution in [3.63, 3.8) is 0 Å². The number of rotatable bonds is 4. The molecule has 0 radical (unpaired) electrons. The van der Waals surface area contributed by atoms with Gasteiger partial charge in [0.15, 0.2) is 11.5 Å². The first-order valence-electron chi connectivity index (χ1n) is 7.90. The van der Waals surface area contributed by atoms with Crippen molar-refractivity contribution in [3.05, 3.63) is 24.3 Å². The van der Waals surface area contributed by atoms with Crippen LogP contribution in [0.1, 0.15) is 12.8 Å². The summed E-state index contributed by atoms with van der Waals surface area (Å²) in [4.78, 5) is 2.30. The summed E-state index contributed by atoms with van der Waals surface area (Å²) in [5.41, 5.74) is 7.68. The molecule has 0 bridgehead atoms. The molecule has 6 nitrogen and oxygen atoms in total. The summed E-state index contributed by atoms with van der Waals surface area (Å²) in [7, 11) is 5.62. The Bertz CT molecular complexity index is 664. The molecule has 1 aliphatic rings. The number of hydrogen-bond acceptors (Lipinski definition) is 5. The Morgan fingerprint density at radius 3 is 2.70 bits per heavy atom. The van der Waals surface area contributed by atoms with Gasteiger partial charge in [0.1, 0.15) is 11.9 Å².